The van der Waals surface area contributed by atoms with Crippen molar-refractivity contribution in [2.24, 2.45) is 0 Å². The van der Waals surface area contributed by atoms with Crippen molar-refractivity contribution in [2.45, 2.75) is 45.2 Å². The Morgan fingerprint density at radius 2 is 1.97 bits per heavy atom. The molecule has 1 unspecified atom stereocenters. The number of carbonyl (C=O) groups is 1. The van der Waals surface area contributed by atoms with Crippen molar-refractivity contribution in [1.29, 1.82) is 0 Å². The van der Waals surface area contributed by atoms with Crippen molar-refractivity contribution in [1.82, 2.24) is 14.5 Å². The minimum atomic E-state index is -0.104. The van der Waals surface area contributed by atoms with Crippen molar-refractivity contribution < 1.29 is 14.3 Å². The van der Waals surface area contributed by atoms with Gasteiger partial charge in [0.2, 0.25) is 5.91 Å². The van der Waals surface area contributed by atoms with E-state index in [9.17, 15) is 9.59 Å². The third-order valence-electron chi connectivity index (χ3n) is 6.35. The van der Waals surface area contributed by atoms with Crippen molar-refractivity contribution in [3.63, 3.8) is 0 Å². The van der Waals surface area contributed by atoms with E-state index in [1.54, 1.807) is 17.0 Å². The number of nitrogens with zero attached hydrogens (tertiary/aromatic N) is 3. The second-order valence-corrected chi connectivity index (χ2v) is 8.47. The fourth-order valence-electron chi connectivity index (χ4n) is 4.66. The lowest BCUT2D eigenvalue weighted by Gasteiger charge is -2.26. The summed E-state index contributed by atoms with van der Waals surface area (Å²) in [5.74, 6) is 1.57. The molecule has 2 aliphatic heterocycles. The minimum absolute atomic E-state index is 0.0220. The Kier molecular flexibility index (Phi) is 5.55. The van der Waals surface area contributed by atoms with Gasteiger partial charge in [0.15, 0.2) is 11.5 Å². The molecule has 1 saturated heterocycles. The molecule has 3 aromatic rings. The second kappa shape index (κ2) is 8.65. The van der Waals surface area contributed by atoms with Gasteiger partial charge in [-0.2, -0.15) is 0 Å². The van der Waals surface area contributed by atoms with E-state index in [4.69, 9.17) is 9.47 Å². The number of hydrogen-bond donors (Lipinski definition) is 0. The predicted molar refractivity (Wildman–Crippen MR) is 121 cm³/mol. The van der Waals surface area contributed by atoms with Gasteiger partial charge in [-0.1, -0.05) is 18.2 Å². The molecule has 32 heavy (non-hydrogen) atoms. The van der Waals surface area contributed by atoms with E-state index in [-0.39, 0.29) is 23.9 Å². The first-order valence-electron chi connectivity index (χ1n) is 11.3. The van der Waals surface area contributed by atoms with E-state index >= 15 is 0 Å². The van der Waals surface area contributed by atoms with Crippen LogP contribution < -0.4 is 15.0 Å². The molecule has 2 aromatic carbocycles. The topological polar surface area (TPSA) is 73.7 Å². The van der Waals surface area contributed by atoms with Crippen LogP contribution in [0.15, 0.2) is 47.5 Å². The zero-order valence-electron chi connectivity index (χ0n) is 18.3. The molecule has 1 atom stereocenters. The van der Waals surface area contributed by atoms with Gasteiger partial charge in [-0.25, -0.2) is 4.98 Å². The lowest BCUT2D eigenvalue weighted by atomic mass is 10.0. The number of amides is 1. The molecule has 166 valence electrons. The Labute approximate surface area is 186 Å². The van der Waals surface area contributed by atoms with Crippen LogP contribution in [-0.2, 0) is 11.3 Å². The number of aromatic nitrogens is 2. The van der Waals surface area contributed by atoms with Crippen LogP contribution in [0.5, 0.6) is 11.5 Å². The van der Waals surface area contributed by atoms with E-state index < -0.39 is 0 Å². The SMILES string of the molecule is Cc1cccc2c(=O)n(CCC(=O)N3CCCC3c3ccc4c(c3)OCCCO4)cnc12. The third-order valence-corrected chi connectivity index (χ3v) is 6.35. The molecule has 1 amide bonds. The van der Waals surface area contributed by atoms with Crippen LogP contribution in [0.3, 0.4) is 0 Å². The maximum Gasteiger partial charge on any atom is 0.261 e. The van der Waals surface area contributed by atoms with Crippen molar-refractivity contribution in [3.8, 4) is 11.5 Å². The predicted octanol–water partition coefficient (Wildman–Crippen LogP) is 3.62. The average molecular weight is 434 g/mol. The smallest absolute Gasteiger partial charge is 0.261 e. The first-order chi connectivity index (χ1) is 15.6. The summed E-state index contributed by atoms with van der Waals surface area (Å²) in [6, 6.07) is 11.6. The van der Waals surface area contributed by atoms with Crippen molar-refractivity contribution >= 4 is 16.8 Å². The third kappa shape index (κ3) is 3.83. The molecular formula is C25H27N3O4. The molecular weight excluding hydrogens is 406 g/mol. The second-order valence-electron chi connectivity index (χ2n) is 8.47. The Morgan fingerprint density at radius 1 is 1.12 bits per heavy atom. The van der Waals surface area contributed by atoms with Gasteiger partial charge in [0, 0.05) is 25.9 Å². The molecule has 0 N–H and O–H groups in total. The molecule has 7 heteroatoms. The largest absolute Gasteiger partial charge is 0.490 e. The number of carbonyl (C=O) groups excluding carboxylic acids is 1. The standard InChI is InChI=1S/C25H27N3O4/c1-17-5-2-6-19-24(17)26-16-27(25(19)30)12-10-23(29)28-11-3-7-20(28)18-8-9-21-22(15-18)32-14-4-13-31-21/h2,5-6,8-9,15-16,20H,3-4,7,10-14H2,1H3. The summed E-state index contributed by atoms with van der Waals surface area (Å²) in [7, 11) is 0. The summed E-state index contributed by atoms with van der Waals surface area (Å²) in [4.78, 5) is 32.3. The number of likely N-dealkylation sites (tertiary alicyclic amines) is 1. The molecule has 2 aliphatic rings. The zero-order valence-corrected chi connectivity index (χ0v) is 18.3. The van der Waals surface area contributed by atoms with E-state index in [0.29, 0.717) is 30.7 Å². The summed E-state index contributed by atoms with van der Waals surface area (Å²) in [5.41, 5.74) is 2.65. The van der Waals surface area contributed by atoms with Crippen molar-refractivity contribution in [3.05, 3.63) is 64.2 Å². The highest BCUT2D eigenvalue weighted by Crippen LogP contribution is 2.38. The number of aryl methyl sites for hydroxylation is 2. The Bertz CT molecular complexity index is 1220. The van der Waals surface area contributed by atoms with E-state index in [1.165, 1.54) is 0 Å². The maximum absolute atomic E-state index is 13.1. The molecule has 0 aliphatic carbocycles. The monoisotopic (exact) mass is 433 g/mol. The number of fused-ring (bicyclic) bond motifs is 2. The molecule has 7 nitrogen and oxygen atoms in total. The Morgan fingerprint density at radius 3 is 2.84 bits per heavy atom. The lowest BCUT2D eigenvalue weighted by molar-refractivity contribution is -0.132. The molecule has 5 rings (SSSR count). The number of ether oxygens (including phenoxy) is 2. The van der Waals surface area contributed by atoms with Crippen molar-refractivity contribution in [2.75, 3.05) is 19.8 Å². The maximum atomic E-state index is 13.1. The summed E-state index contributed by atoms with van der Waals surface area (Å²) in [6.07, 6.45) is 4.56. The molecule has 0 bridgehead atoms. The summed E-state index contributed by atoms with van der Waals surface area (Å²) >= 11 is 0. The highest BCUT2D eigenvalue weighted by atomic mass is 16.5. The van der Waals surface area contributed by atoms with Crippen LogP contribution in [0.1, 0.15) is 42.9 Å². The first-order valence-corrected chi connectivity index (χ1v) is 11.3. The Balaban J connectivity index is 1.31. The fourth-order valence-corrected chi connectivity index (χ4v) is 4.66. The first kappa shape index (κ1) is 20.5. The van der Waals surface area contributed by atoms with Gasteiger partial charge in [-0.3, -0.25) is 14.2 Å². The van der Waals surface area contributed by atoms with Crippen LogP contribution in [0, 0.1) is 6.92 Å². The van der Waals surface area contributed by atoms with Gasteiger partial charge in [0.1, 0.15) is 0 Å². The molecule has 3 heterocycles. The van der Waals surface area contributed by atoms with Gasteiger partial charge in [0.05, 0.1) is 36.5 Å². The number of para-hydroxylation sites is 1. The normalized spacial score (nSPS) is 18.0. The zero-order chi connectivity index (χ0) is 22.1. The summed E-state index contributed by atoms with van der Waals surface area (Å²) in [6.45, 7) is 4.28. The van der Waals surface area contributed by atoms with Crippen LogP contribution >= 0.6 is 0 Å². The van der Waals surface area contributed by atoms with Gasteiger partial charge >= 0.3 is 0 Å². The van der Waals surface area contributed by atoms with Crippen LogP contribution in [0.2, 0.25) is 0 Å². The molecule has 0 spiro atoms. The number of benzene rings is 2. The molecule has 0 saturated carbocycles. The molecule has 1 aromatic heterocycles. The number of rotatable bonds is 4. The van der Waals surface area contributed by atoms with E-state index in [0.717, 1.165) is 48.4 Å². The van der Waals surface area contributed by atoms with Crippen LogP contribution in [-0.4, -0.2) is 40.1 Å². The molecule has 1 fully saturated rings. The van der Waals surface area contributed by atoms with Crippen LogP contribution in [0.25, 0.3) is 10.9 Å². The fraction of sp³-hybridized carbons (Fsp3) is 0.400. The lowest BCUT2D eigenvalue weighted by Crippen LogP contribution is -2.32. The van der Waals surface area contributed by atoms with Gasteiger partial charge in [-0.15, -0.1) is 0 Å². The van der Waals surface area contributed by atoms with Gasteiger partial charge in [0.25, 0.3) is 5.56 Å². The molecule has 0 radical (unpaired) electrons. The summed E-state index contributed by atoms with van der Waals surface area (Å²) < 4.78 is 13.1. The highest BCUT2D eigenvalue weighted by Gasteiger charge is 2.30. The number of hydrogen-bond acceptors (Lipinski definition) is 5. The average Bonchev–Trinajstić information content (AvgIpc) is 3.18. The van der Waals surface area contributed by atoms with E-state index in [2.05, 4.69) is 4.98 Å². The summed E-state index contributed by atoms with van der Waals surface area (Å²) in [5, 5.41) is 0.589. The minimum Gasteiger partial charge on any atom is -0.490 e. The van der Waals surface area contributed by atoms with Gasteiger partial charge < -0.3 is 14.4 Å². The quantitative estimate of drug-likeness (QED) is 0.628. The van der Waals surface area contributed by atoms with Gasteiger partial charge in [-0.05, 0) is 49.1 Å². The highest BCUT2D eigenvalue weighted by molar-refractivity contribution is 5.80. The van der Waals surface area contributed by atoms with E-state index in [1.807, 2.05) is 42.2 Å². The Hall–Kier alpha value is -3.35. The van der Waals surface area contributed by atoms with Crippen LogP contribution in [0.4, 0.5) is 0 Å².